The molecule has 2 fully saturated rings. The lowest BCUT2D eigenvalue weighted by Gasteiger charge is -2.46. The lowest BCUT2D eigenvalue weighted by molar-refractivity contribution is -0.0938. The number of aliphatic hydroxyl groups is 1. The molecule has 1 N–H and O–H groups in total. The second-order valence-electron chi connectivity index (χ2n) is 9.32. The maximum atomic E-state index is 14.4. The molecule has 3 heterocycles. The Kier molecular flexibility index (Phi) is 7.83. The third-order valence-corrected chi connectivity index (χ3v) is 7.36. The smallest absolute Gasteiger partial charge is 0.338 e. The molecule has 0 aliphatic carbocycles. The molecular weight excluding hydrogens is 489 g/mol. The van der Waals surface area contributed by atoms with Gasteiger partial charge in [0.05, 0.1) is 31.5 Å². The summed E-state index contributed by atoms with van der Waals surface area (Å²) in [5, 5.41) is 20.1. The fourth-order valence-corrected chi connectivity index (χ4v) is 5.34. The van der Waals surface area contributed by atoms with Gasteiger partial charge in [-0.15, -0.1) is 12.4 Å². The van der Waals surface area contributed by atoms with E-state index in [2.05, 4.69) is 9.80 Å². The van der Waals surface area contributed by atoms with Gasteiger partial charge in [-0.1, -0.05) is 6.07 Å². The molecule has 36 heavy (non-hydrogen) atoms. The topological polar surface area (TPSA) is 95.3 Å². The van der Waals surface area contributed by atoms with Gasteiger partial charge in [0.25, 0.3) is 0 Å². The van der Waals surface area contributed by atoms with Crippen LogP contribution in [0, 0.1) is 24.1 Å². The third-order valence-electron chi connectivity index (χ3n) is 7.36. The lowest BCUT2D eigenvalue weighted by atomic mass is 9.95. The van der Waals surface area contributed by atoms with Crippen molar-refractivity contribution in [3.8, 4) is 11.8 Å². The number of methoxy groups -OCH3 is 1. The zero-order valence-corrected chi connectivity index (χ0v) is 21.0. The van der Waals surface area contributed by atoms with Crippen LogP contribution in [0.2, 0.25) is 0 Å². The average molecular weight is 518 g/mol. The number of hydrogen-bond acceptors (Lipinski definition) is 8. The van der Waals surface area contributed by atoms with Gasteiger partial charge in [-0.05, 0) is 41.8 Å². The molecule has 5 rings (SSSR count). The van der Waals surface area contributed by atoms with Crippen molar-refractivity contribution in [1.29, 1.82) is 5.26 Å². The molecule has 0 radical (unpaired) electrons. The minimum atomic E-state index is -0.672. The molecule has 0 spiro atoms. The van der Waals surface area contributed by atoms with E-state index >= 15 is 0 Å². The quantitative estimate of drug-likeness (QED) is 0.605. The van der Waals surface area contributed by atoms with E-state index in [0.29, 0.717) is 30.8 Å². The number of nitrogens with zero attached hydrogens (tertiary/aromatic N) is 3. The van der Waals surface area contributed by atoms with Crippen LogP contribution in [-0.2, 0) is 16.1 Å². The first kappa shape index (κ1) is 26.3. The van der Waals surface area contributed by atoms with Crippen molar-refractivity contribution in [3.05, 3.63) is 63.5 Å². The molecule has 3 aliphatic heterocycles. The molecule has 0 unspecified atom stereocenters. The Bertz CT molecular complexity index is 1200. The molecule has 3 aliphatic rings. The third kappa shape index (κ3) is 4.80. The van der Waals surface area contributed by atoms with E-state index in [1.807, 2.05) is 19.1 Å². The number of fused-ring (bicyclic) bond motifs is 2. The number of benzene rings is 2. The summed E-state index contributed by atoms with van der Waals surface area (Å²) in [6.07, 6.45) is -0.979. The van der Waals surface area contributed by atoms with Gasteiger partial charge in [-0.3, -0.25) is 9.80 Å². The first-order valence-corrected chi connectivity index (χ1v) is 11.7. The highest BCUT2D eigenvalue weighted by Crippen LogP contribution is 2.33. The van der Waals surface area contributed by atoms with Crippen molar-refractivity contribution < 1.29 is 28.5 Å². The Labute approximate surface area is 215 Å². The van der Waals surface area contributed by atoms with Crippen molar-refractivity contribution >= 4 is 18.4 Å². The number of rotatable bonds is 5. The van der Waals surface area contributed by atoms with Crippen molar-refractivity contribution in [2.24, 2.45) is 0 Å². The molecule has 0 bridgehead atoms. The molecule has 10 heteroatoms. The number of cyclic esters (lactones) is 1. The molecule has 2 aromatic carbocycles. The minimum Gasteiger partial charge on any atom is -0.495 e. The SMILES string of the molecule is COc1cc([C@H]2CN3CCN(C[C@@H](O)c4ccc5c(c4C)COC5=O)C[C@@H]3CO2)cc(F)c1C#N.Cl. The average Bonchev–Trinajstić information content (AvgIpc) is 3.24. The molecule has 192 valence electrons. The molecule has 8 nitrogen and oxygen atoms in total. The van der Waals surface area contributed by atoms with Crippen molar-refractivity contribution in [1.82, 2.24) is 9.80 Å². The number of carbonyl (C=O) groups excluding carboxylic acids is 1. The van der Waals surface area contributed by atoms with Gasteiger partial charge in [-0.2, -0.15) is 5.26 Å². The van der Waals surface area contributed by atoms with E-state index in [9.17, 15) is 14.3 Å². The molecule has 2 saturated heterocycles. The predicted octanol–water partition coefficient (Wildman–Crippen LogP) is 2.90. The van der Waals surface area contributed by atoms with E-state index in [1.54, 1.807) is 12.1 Å². The van der Waals surface area contributed by atoms with Crippen molar-refractivity contribution in [2.75, 3.05) is 46.4 Å². The Morgan fingerprint density at radius 3 is 2.86 bits per heavy atom. The van der Waals surface area contributed by atoms with Crippen molar-refractivity contribution in [3.63, 3.8) is 0 Å². The lowest BCUT2D eigenvalue weighted by Crippen LogP contribution is -2.58. The van der Waals surface area contributed by atoms with Crippen LogP contribution in [0.3, 0.4) is 0 Å². The number of piperazine rings is 1. The maximum Gasteiger partial charge on any atom is 0.338 e. The molecule has 0 aromatic heterocycles. The van der Waals surface area contributed by atoms with Gasteiger partial charge in [-0.25, -0.2) is 9.18 Å². The fraction of sp³-hybridized carbons (Fsp3) is 0.462. The zero-order valence-electron chi connectivity index (χ0n) is 20.2. The highest BCUT2D eigenvalue weighted by atomic mass is 35.5. The summed E-state index contributed by atoms with van der Waals surface area (Å²) in [5.74, 6) is -0.702. The molecule has 3 atom stereocenters. The summed E-state index contributed by atoms with van der Waals surface area (Å²) in [6, 6.07) is 8.61. The van der Waals surface area contributed by atoms with Gasteiger partial charge in [0.2, 0.25) is 0 Å². The highest BCUT2D eigenvalue weighted by molar-refractivity contribution is 5.93. The Morgan fingerprint density at radius 1 is 1.31 bits per heavy atom. The van der Waals surface area contributed by atoms with E-state index in [-0.39, 0.29) is 48.4 Å². The van der Waals surface area contributed by atoms with Crippen LogP contribution in [0.25, 0.3) is 0 Å². The number of halogens is 2. The number of morpholine rings is 1. The predicted molar refractivity (Wildman–Crippen MR) is 131 cm³/mol. The summed E-state index contributed by atoms with van der Waals surface area (Å²) >= 11 is 0. The van der Waals surface area contributed by atoms with Gasteiger partial charge in [0.1, 0.15) is 29.8 Å². The second-order valence-corrected chi connectivity index (χ2v) is 9.32. The largest absolute Gasteiger partial charge is 0.495 e. The minimum absolute atomic E-state index is 0. The van der Waals surface area contributed by atoms with Gasteiger partial charge in [0.15, 0.2) is 0 Å². The second kappa shape index (κ2) is 10.7. The number of β-amino-alcohol motifs (C(OH)–C–C–N with tert-alkyl or cyclic N) is 1. The number of nitriles is 1. The van der Waals surface area contributed by atoms with Crippen LogP contribution in [0.5, 0.6) is 5.75 Å². The van der Waals surface area contributed by atoms with Crippen LogP contribution < -0.4 is 4.74 Å². The van der Waals surface area contributed by atoms with Crippen LogP contribution in [0.15, 0.2) is 24.3 Å². The summed E-state index contributed by atoms with van der Waals surface area (Å²) in [6.45, 7) is 6.12. The number of aliphatic hydroxyl groups excluding tert-OH is 1. The summed E-state index contributed by atoms with van der Waals surface area (Å²) in [5.41, 5.74) is 3.73. The molecular formula is C26H29ClFN3O5. The summed E-state index contributed by atoms with van der Waals surface area (Å²) < 4.78 is 30.8. The van der Waals surface area contributed by atoms with E-state index in [0.717, 1.165) is 36.3 Å². The van der Waals surface area contributed by atoms with Crippen LogP contribution >= 0.6 is 12.4 Å². The Morgan fingerprint density at radius 2 is 2.11 bits per heavy atom. The van der Waals surface area contributed by atoms with Gasteiger partial charge in [0, 0.05) is 44.3 Å². The van der Waals surface area contributed by atoms with Crippen molar-refractivity contribution in [2.45, 2.75) is 31.8 Å². The molecule has 0 saturated carbocycles. The number of carbonyl (C=O) groups is 1. The Hall–Kier alpha value is -2.74. The molecule has 0 amide bonds. The zero-order chi connectivity index (χ0) is 24.7. The number of esters is 1. The normalized spacial score (nSPS) is 22.6. The first-order chi connectivity index (χ1) is 16.9. The van der Waals surface area contributed by atoms with E-state index in [1.165, 1.54) is 13.2 Å². The number of ether oxygens (including phenoxy) is 3. The van der Waals surface area contributed by atoms with Crippen LogP contribution in [-0.4, -0.2) is 73.4 Å². The monoisotopic (exact) mass is 517 g/mol. The van der Waals surface area contributed by atoms with Crippen LogP contribution in [0.4, 0.5) is 4.39 Å². The maximum absolute atomic E-state index is 14.4. The number of hydrogen-bond donors (Lipinski definition) is 1. The standard InChI is InChI=1S/C26H28FN3O5.ClH/c1-15-18(3-4-19-21(15)14-35-26(19)32)23(31)11-29-5-6-30-12-25(34-13-17(30)10-29)16-7-22(27)20(9-28)24(8-16)33-2;/h3-4,7-8,17,23,25,31H,5-6,10-14H2,1-2H3;1H/t17-,23-,25-;/m1./s1. The highest BCUT2D eigenvalue weighted by Gasteiger charge is 2.35. The van der Waals surface area contributed by atoms with Gasteiger partial charge >= 0.3 is 5.97 Å². The van der Waals surface area contributed by atoms with E-state index < -0.39 is 11.9 Å². The van der Waals surface area contributed by atoms with Crippen LogP contribution in [0.1, 0.15) is 50.4 Å². The summed E-state index contributed by atoms with van der Waals surface area (Å²) in [4.78, 5) is 16.4. The Balaban J connectivity index is 0.00000304. The fourth-order valence-electron chi connectivity index (χ4n) is 5.34. The summed E-state index contributed by atoms with van der Waals surface area (Å²) in [7, 11) is 1.42. The first-order valence-electron chi connectivity index (χ1n) is 11.7. The van der Waals surface area contributed by atoms with E-state index in [4.69, 9.17) is 19.5 Å². The molecule has 2 aromatic rings. The van der Waals surface area contributed by atoms with Gasteiger partial charge < -0.3 is 19.3 Å².